The smallest absolute Gasteiger partial charge is 0.312 e. The predicted molar refractivity (Wildman–Crippen MR) is 99.9 cm³/mol. The van der Waals surface area contributed by atoms with E-state index in [0.29, 0.717) is 6.42 Å². The molecule has 0 aromatic rings. The van der Waals surface area contributed by atoms with Gasteiger partial charge in [0.2, 0.25) is 0 Å². The van der Waals surface area contributed by atoms with Gasteiger partial charge in [0.15, 0.2) is 6.10 Å². The Bertz CT molecular complexity index is 358. The maximum Gasteiger partial charge on any atom is 0.312 e. The van der Waals surface area contributed by atoms with Crippen LogP contribution in [0.4, 0.5) is 0 Å². The maximum atomic E-state index is 12.2. The Labute approximate surface area is 149 Å². The van der Waals surface area contributed by atoms with E-state index in [2.05, 4.69) is 6.92 Å². The minimum Gasteiger partial charge on any atom is -0.452 e. The third-order valence-electron chi connectivity index (χ3n) is 4.15. The molecule has 0 heterocycles. The molecular formula is C20H39NO3. The highest BCUT2D eigenvalue weighted by Gasteiger charge is 2.30. The number of hydrogen-bond donors (Lipinski definition) is 0. The van der Waals surface area contributed by atoms with Crippen molar-refractivity contribution in [2.45, 2.75) is 98.0 Å². The van der Waals surface area contributed by atoms with Crippen LogP contribution in [0.25, 0.3) is 0 Å². The Morgan fingerprint density at radius 3 is 1.75 bits per heavy atom. The fourth-order valence-corrected chi connectivity index (χ4v) is 2.47. The molecule has 0 spiro atoms. The molecule has 1 atom stereocenters. The van der Waals surface area contributed by atoms with Gasteiger partial charge in [-0.15, -0.1) is 0 Å². The highest BCUT2D eigenvalue weighted by Crippen LogP contribution is 2.19. The Hall–Kier alpha value is -1.06. The van der Waals surface area contributed by atoms with Gasteiger partial charge in [-0.1, -0.05) is 58.3 Å². The second kappa shape index (κ2) is 12.3. The standard InChI is InChI=1S/C20H39NO3/c1-7-8-9-10-11-12-13-14-15-16-17(18(22)21(5)6)24-19(23)20(2,3)4/h17H,7-16H2,1-6H3. The Balaban J connectivity index is 4.11. The Morgan fingerprint density at radius 1 is 0.875 bits per heavy atom. The lowest BCUT2D eigenvalue weighted by atomic mass is 9.97. The molecule has 0 aliphatic rings. The topological polar surface area (TPSA) is 46.6 Å². The van der Waals surface area contributed by atoms with Crippen molar-refractivity contribution in [3.63, 3.8) is 0 Å². The Morgan fingerprint density at radius 2 is 1.33 bits per heavy atom. The van der Waals surface area contributed by atoms with Gasteiger partial charge in [0, 0.05) is 14.1 Å². The number of esters is 1. The van der Waals surface area contributed by atoms with Gasteiger partial charge in [-0.3, -0.25) is 9.59 Å². The van der Waals surface area contributed by atoms with Crippen molar-refractivity contribution in [1.29, 1.82) is 0 Å². The normalized spacial score (nSPS) is 12.8. The molecule has 0 saturated heterocycles. The summed E-state index contributed by atoms with van der Waals surface area (Å²) in [7, 11) is 3.41. The molecule has 24 heavy (non-hydrogen) atoms. The minimum atomic E-state index is -0.642. The minimum absolute atomic E-state index is 0.118. The van der Waals surface area contributed by atoms with E-state index in [0.717, 1.165) is 12.8 Å². The van der Waals surface area contributed by atoms with Crippen LogP contribution < -0.4 is 0 Å². The van der Waals surface area contributed by atoms with Crippen molar-refractivity contribution in [3.8, 4) is 0 Å². The van der Waals surface area contributed by atoms with Crippen LogP contribution in [0.3, 0.4) is 0 Å². The van der Waals surface area contributed by atoms with Gasteiger partial charge >= 0.3 is 5.97 Å². The predicted octanol–water partition coefficient (Wildman–Crippen LogP) is 4.95. The zero-order valence-corrected chi connectivity index (χ0v) is 16.8. The molecule has 4 heteroatoms. The van der Waals surface area contributed by atoms with E-state index in [1.807, 2.05) is 20.8 Å². The molecule has 0 saturated carbocycles. The van der Waals surface area contributed by atoms with E-state index in [1.54, 1.807) is 14.1 Å². The van der Waals surface area contributed by atoms with Crippen LogP contribution in [0.2, 0.25) is 0 Å². The van der Waals surface area contributed by atoms with E-state index in [4.69, 9.17) is 4.74 Å². The first-order valence-electron chi connectivity index (χ1n) is 9.62. The van der Waals surface area contributed by atoms with Gasteiger partial charge in [-0.25, -0.2) is 0 Å². The zero-order valence-electron chi connectivity index (χ0n) is 16.8. The van der Waals surface area contributed by atoms with Crippen LogP contribution in [-0.4, -0.2) is 37.0 Å². The van der Waals surface area contributed by atoms with Crippen LogP contribution in [-0.2, 0) is 14.3 Å². The molecule has 0 rings (SSSR count). The summed E-state index contributed by atoms with van der Waals surface area (Å²) >= 11 is 0. The van der Waals surface area contributed by atoms with E-state index >= 15 is 0 Å². The van der Waals surface area contributed by atoms with Crippen LogP contribution in [0.5, 0.6) is 0 Å². The SMILES string of the molecule is CCCCCCCCCCCC(OC(=O)C(C)(C)C)C(=O)N(C)C. The van der Waals surface area contributed by atoms with Gasteiger partial charge in [0.25, 0.3) is 5.91 Å². The highest BCUT2D eigenvalue weighted by atomic mass is 16.5. The second-order valence-electron chi connectivity index (χ2n) is 7.99. The maximum absolute atomic E-state index is 12.2. The lowest BCUT2D eigenvalue weighted by molar-refractivity contribution is -0.166. The first-order valence-corrected chi connectivity index (χ1v) is 9.62. The number of nitrogens with zero attached hydrogens (tertiary/aromatic N) is 1. The summed E-state index contributed by atoms with van der Waals surface area (Å²) in [6.07, 6.45) is 11.1. The number of hydrogen-bond acceptors (Lipinski definition) is 3. The lowest BCUT2D eigenvalue weighted by Crippen LogP contribution is -2.39. The number of amides is 1. The summed E-state index contributed by atoms with van der Waals surface area (Å²) in [5.74, 6) is -0.425. The van der Waals surface area contributed by atoms with Gasteiger partial charge < -0.3 is 9.64 Å². The second-order valence-corrected chi connectivity index (χ2v) is 7.99. The number of carbonyl (C=O) groups is 2. The fraction of sp³-hybridized carbons (Fsp3) is 0.900. The average molecular weight is 342 g/mol. The molecule has 142 valence electrons. The van der Waals surface area contributed by atoms with Gasteiger partial charge in [-0.05, 0) is 33.6 Å². The van der Waals surface area contributed by atoms with Crippen molar-refractivity contribution in [1.82, 2.24) is 4.90 Å². The summed E-state index contributed by atoms with van der Waals surface area (Å²) in [5.41, 5.74) is -0.580. The average Bonchev–Trinajstić information content (AvgIpc) is 2.50. The summed E-state index contributed by atoms with van der Waals surface area (Å²) in [5, 5.41) is 0. The number of carbonyl (C=O) groups excluding carboxylic acids is 2. The molecule has 0 aliphatic carbocycles. The highest BCUT2D eigenvalue weighted by molar-refractivity contribution is 5.84. The third kappa shape index (κ3) is 10.7. The molecule has 1 amide bonds. The van der Waals surface area contributed by atoms with Gasteiger partial charge in [0.1, 0.15) is 0 Å². The summed E-state index contributed by atoms with van der Waals surface area (Å²) in [6.45, 7) is 7.67. The zero-order chi connectivity index (χ0) is 18.6. The number of ether oxygens (including phenoxy) is 1. The monoisotopic (exact) mass is 341 g/mol. The summed E-state index contributed by atoms with van der Waals surface area (Å²) in [6, 6.07) is 0. The van der Waals surface area contributed by atoms with Gasteiger partial charge in [0.05, 0.1) is 5.41 Å². The quantitative estimate of drug-likeness (QED) is 0.372. The van der Waals surface area contributed by atoms with Crippen LogP contribution in [0.1, 0.15) is 91.9 Å². The summed E-state index contributed by atoms with van der Waals surface area (Å²) in [4.78, 5) is 25.8. The molecule has 1 unspecified atom stereocenters. The van der Waals surface area contributed by atoms with Crippen molar-refractivity contribution < 1.29 is 14.3 Å². The van der Waals surface area contributed by atoms with Crippen molar-refractivity contribution in [2.75, 3.05) is 14.1 Å². The molecule has 0 fully saturated rings. The van der Waals surface area contributed by atoms with Crippen molar-refractivity contribution in [2.24, 2.45) is 5.41 Å². The molecule has 0 radical (unpaired) electrons. The van der Waals surface area contributed by atoms with Crippen LogP contribution in [0, 0.1) is 5.41 Å². The van der Waals surface area contributed by atoms with E-state index in [9.17, 15) is 9.59 Å². The van der Waals surface area contributed by atoms with E-state index < -0.39 is 11.5 Å². The molecule has 0 aliphatic heterocycles. The molecule has 0 N–H and O–H groups in total. The fourth-order valence-electron chi connectivity index (χ4n) is 2.47. The van der Waals surface area contributed by atoms with Crippen LogP contribution >= 0.6 is 0 Å². The number of unbranched alkanes of at least 4 members (excludes halogenated alkanes) is 8. The van der Waals surface area contributed by atoms with E-state index in [-0.39, 0.29) is 11.9 Å². The van der Waals surface area contributed by atoms with Crippen LogP contribution in [0.15, 0.2) is 0 Å². The molecule has 4 nitrogen and oxygen atoms in total. The van der Waals surface area contributed by atoms with Crippen molar-refractivity contribution >= 4 is 11.9 Å². The molecular weight excluding hydrogens is 302 g/mol. The summed E-state index contributed by atoms with van der Waals surface area (Å²) < 4.78 is 5.48. The lowest BCUT2D eigenvalue weighted by Gasteiger charge is -2.24. The van der Waals surface area contributed by atoms with Gasteiger partial charge in [-0.2, -0.15) is 0 Å². The largest absolute Gasteiger partial charge is 0.452 e. The van der Waals surface area contributed by atoms with Crippen molar-refractivity contribution in [3.05, 3.63) is 0 Å². The number of likely N-dealkylation sites (N-methyl/N-ethyl adjacent to an activating group) is 1. The molecule has 0 aromatic heterocycles. The Kier molecular flexibility index (Phi) is 11.8. The first-order chi connectivity index (χ1) is 11.2. The molecule has 0 aromatic carbocycles. The number of rotatable bonds is 12. The van der Waals surface area contributed by atoms with E-state index in [1.165, 1.54) is 49.8 Å². The third-order valence-corrected chi connectivity index (χ3v) is 4.15. The first kappa shape index (κ1) is 22.9. The molecule has 0 bridgehead atoms.